The average molecular weight is 246 g/mol. The summed E-state index contributed by atoms with van der Waals surface area (Å²) < 4.78 is 5.25. The largest absolute Gasteiger partial charge is 0.495 e. The van der Waals surface area contributed by atoms with Crippen LogP contribution in [-0.2, 0) is 4.79 Å². The van der Waals surface area contributed by atoms with Crippen molar-refractivity contribution in [3.8, 4) is 5.75 Å². The molecule has 0 aliphatic carbocycles. The normalized spacial score (nSPS) is 18.6. The summed E-state index contributed by atoms with van der Waals surface area (Å²) in [7, 11) is 1.58. The monoisotopic (exact) mass is 246 g/mol. The van der Waals surface area contributed by atoms with Gasteiger partial charge in [0.2, 0.25) is 5.91 Å². The second-order valence-corrected chi connectivity index (χ2v) is 4.16. The Balaban J connectivity index is 2.18. The molecule has 94 valence electrons. The van der Waals surface area contributed by atoms with Gasteiger partial charge in [0.25, 0.3) is 0 Å². The fraction of sp³-hybridized carbons (Fsp3) is 0.417. The fourth-order valence-corrected chi connectivity index (χ4v) is 2.14. The Labute approximate surface area is 105 Å². The molecule has 1 aromatic carbocycles. The number of carbonyl (C=O) groups is 1. The fourth-order valence-electron chi connectivity index (χ4n) is 2.14. The first-order chi connectivity index (χ1) is 8.76. The molecule has 0 aromatic heterocycles. The molecule has 0 bridgehead atoms. The molecule has 1 saturated heterocycles. The van der Waals surface area contributed by atoms with Gasteiger partial charge in [-0.2, -0.15) is 0 Å². The summed E-state index contributed by atoms with van der Waals surface area (Å²) in [5.74, 6) is 0.797. The van der Waals surface area contributed by atoms with Crippen LogP contribution in [0.3, 0.4) is 0 Å². The zero-order valence-corrected chi connectivity index (χ0v) is 10.1. The highest BCUT2D eigenvalue weighted by molar-refractivity contribution is 5.97. The highest BCUT2D eigenvalue weighted by Crippen LogP contribution is 2.32. The van der Waals surface area contributed by atoms with E-state index in [2.05, 4.69) is 10.0 Å². The Morgan fingerprint density at radius 2 is 2.33 bits per heavy atom. The molecule has 1 atom stereocenters. The molecule has 0 saturated carbocycles. The summed E-state index contributed by atoms with van der Waals surface area (Å²) in [5.41, 5.74) is 9.07. The number of amides is 1. The Morgan fingerprint density at radius 1 is 1.56 bits per heavy atom. The van der Waals surface area contributed by atoms with E-state index in [-0.39, 0.29) is 11.8 Å². The SMILES string of the molecule is COc1ccccc1N1CC(CN=[N+]=[N-])CC1=O. The van der Waals surface area contributed by atoms with Crippen molar-refractivity contribution in [2.75, 3.05) is 25.1 Å². The number of hydrogen-bond donors (Lipinski definition) is 0. The lowest BCUT2D eigenvalue weighted by atomic mass is 10.1. The van der Waals surface area contributed by atoms with Crippen molar-refractivity contribution in [3.05, 3.63) is 34.7 Å². The van der Waals surface area contributed by atoms with Crippen molar-refractivity contribution in [1.29, 1.82) is 0 Å². The standard InChI is InChI=1S/C12H14N4O2/c1-18-11-5-3-2-4-10(11)16-8-9(6-12(16)17)7-14-15-13/h2-5,9H,6-8H2,1H3. The van der Waals surface area contributed by atoms with Crippen LogP contribution in [0.25, 0.3) is 10.4 Å². The summed E-state index contributed by atoms with van der Waals surface area (Å²) in [6.07, 6.45) is 0.414. The van der Waals surface area contributed by atoms with Gasteiger partial charge in [-0.3, -0.25) is 4.79 Å². The van der Waals surface area contributed by atoms with Crippen LogP contribution in [0.5, 0.6) is 5.75 Å². The first-order valence-electron chi connectivity index (χ1n) is 5.70. The maximum absolute atomic E-state index is 12.0. The molecule has 1 aromatic rings. The topological polar surface area (TPSA) is 78.3 Å². The molecule has 1 aliphatic heterocycles. The van der Waals surface area contributed by atoms with Crippen LogP contribution in [0, 0.1) is 5.92 Å². The number of azide groups is 1. The number of para-hydroxylation sites is 2. The van der Waals surface area contributed by atoms with Crippen LogP contribution < -0.4 is 9.64 Å². The van der Waals surface area contributed by atoms with Crippen molar-refractivity contribution >= 4 is 11.6 Å². The molecular weight excluding hydrogens is 232 g/mol. The Bertz CT molecular complexity index is 497. The smallest absolute Gasteiger partial charge is 0.227 e. The van der Waals surface area contributed by atoms with Crippen LogP contribution in [0.4, 0.5) is 5.69 Å². The number of ether oxygens (including phenoxy) is 1. The van der Waals surface area contributed by atoms with Crippen molar-refractivity contribution in [3.63, 3.8) is 0 Å². The van der Waals surface area contributed by atoms with Gasteiger partial charge >= 0.3 is 0 Å². The number of carbonyl (C=O) groups excluding carboxylic acids is 1. The molecule has 1 unspecified atom stereocenters. The number of rotatable bonds is 4. The highest BCUT2D eigenvalue weighted by Gasteiger charge is 2.31. The molecule has 0 radical (unpaired) electrons. The van der Waals surface area contributed by atoms with Gasteiger partial charge in [-0.25, -0.2) is 0 Å². The molecule has 0 N–H and O–H groups in total. The lowest BCUT2D eigenvalue weighted by Gasteiger charge is -2.19. The average Bonchev–Trinajstić information content (AvgIpc) is 2.77. The summed E-state index contributed by atoms with van der Waals surface area (Å²) in [6.45, 7) is 0.923. The second kappa shape index (κ2) is 5.42. The van der Waals surface area contributed by atoms with Gasteiger partial charge in [0.1, 0.15) is 5.75 Å². The molecule has 1 fully saturated rings. The number of anilines is 1. The van der Waals surface area contributed by atoms with E-state index < -0.39 is 0 Å². The van der Waals surface area contributed by atoms with Gasteiger partial charge in [-0.1, -0.05) is 17.2 Å². The third-order valence-corrected chi connectivity index (χ3v) is 2.98. The predicted molar refractivity (Wildman–Crippen MR) is 67.5 cm³/mol. The van der Waals surface area contributed by atoms with Gasteiger partial charge in [-0.15, -0.1) is 0 Å². The second-order valence-electron chi connectivity index (χ2n) is 4.16. The molecule has 1 heterocycles. The Morgan fingerprint density at radius 3 is 3.06 bits per heavy atom. The minimum absolute atomic E-state index is 0.0395. The number of nitrogens with zero attached hydrogens (tertiary/aromatic N) is 4. The van der Waals surface area contributed by atoms with E-state index in [1.54, 1.807) is 12.0 Å². The van der Waals surface area contributed by atoms with Gasteiger partial charge < -0.3 is 9.64 Å². The van der Waals surface area contributed by atoms with Crippen molar-refractivity contribution in [2.24, 2.45) is 11.0 Å². The molecule has 1 amide bonds. The summed E-state index contributed by atoms with van der Waals surface area (Å²) in [4.78, 5) is 16.4. The molecule has 6 nitrogen and oxygen atoms in total. The van der Waals surface area contributed by atoms with Crippen molar-refractivity contribution in [2.45, 2.75) is 6.42 Å². The zero-order chi connectivity index (χ0) is 13.0. The predicted octanol–water partition coefficient (Wildman–Crippen LogP) is 2.36. The molecule has 18 heavy (non-hydrogen) atoms. The third kappa shape index (κ3) is 2.38. The minimum atomic E-state index is 0.0395. The Kier molecular flexibility index (Phi) is 3.69. The van der Waals surface area contributed by atoms with E-state index in [1.165, 1.54) is 0 Å². The summed E-state index contributed by atoms with van der Waals surface area (Å²) in [5, 5.41) is 3.53. The van der Waals surface area contributed by atoms with E-state index in [9.17, 15) is 4.79 Å². The van der Waals surface area contributed by atoms with Crippen LogP contribution in [0.2, 0.25) is 0 Å². The van der Waals surface area contributed by atoms with E-state index in [4.69, 9.17) is 10.3 Å². The van der Waals surface area contributed by atoms with E-state index in [0.717, 1.165) is 5.69 Å². The lowest BCUT2D eigenvalue weighted by Crippen LogP contribution is -2.25. The number of methoxy groups -OCH3 is 1. The van der Waals surface area contributed by atoms with E-state index in [0.29, 0.717) is 25.3 Å². The van der Waals surface area contributed by atoms with Crippen LogP contribution in [0.1, 0.15) is 6.42 Å². The van der Waals surface area contributed by atoms with Crippen LogP contribution in [-0.4, -0.2) is 26.1 Å². The van der Waals surface area contributed by atoms with Crippen LogP contribution >= 0.6 is 0 Å². The summed E-state index contributed by atoms with van der Waals surface area (Å²) >= 11 is 0. The van der Waals surface area contributed by atoms with Gasteiger partial charge in [0, 0.05) is 24.4 Å². The van der Waals surface area contributed by atoms with E-state index >= 15 is 0 Å². The molecule has 0 spiro atoms. The van der Waals surface area contributed by atoms with Gasteiger partial charge in [0.05, 0.1) is 12.8 Å². The van der Waals surface area contributed by atoms with Gasteiger partial charge in [-0.05, 0) is 23.6 Å². The number of benzene rings is 1. The van der Waals surface area contributed by atoms with Gasteiger partial charge in [0.15, 0.2) is 0 Å². The quantitative estimate of drug-likeness (QED) is 0.464. The maximum atomic E-state index is 12.0. The maximum Gasteiger partial charge on any atom is 0.227 e. The molecule has 2 rings (SSSR count). The van der Waals surface area contributed by atoms with Crippen molar-refractivity contribution < 1.29 is 9.53 Å². The Hall–Kier alpha value is -2.20. The van der Waals surface area contributed by atoms with Crippen LogP contribution in [0.15, 0.2) is 29.4 Å². The first kappa shape index (κ1) is 12.3. The third-order valence-electron chi connectivity index (χ3n) is 2.98. The first-order valence-corrected chi connectivity index (χ1v) is 5.70. The van der Waals surface area contributed by atoms with E-state index in [1.807, 2.05) is 24.3 Å². The molecular formula is C12H14N4O2. The minimum Gasteiger partial charge on any atom is -0.495 e. The van der Waals surface area contributed by atoms with Crippen molar-refractivity contribution in [1.82, 2.24) is 0 Å². The highest BCUT2D eigenvalue weighted by atomic mass is 16.5. The summed E-state index contributed by atoms with van der Waals surface area (Å²) in [6, 6.07) is 7.41. The number of hydrogen-bond acceptors (Lipinski definition) is 3. The molecule has 1 aliphatic rings. The lowest BCUT2D eigenvalue weighted by molar-refractivity contribution is -0.117. The molecule has 6 heteroatoms. The zero-order valence-electron chi connectivity index (χ0n) is 10.1.